The summed E-state index contributed by atoms with van der Waals surface area (Å²) in [4.78, 5) is 33.3. The largest absolute Gasteiger partial charge is 0.481 e. The van der Waals surface area contributed by atoms with Gasteiger partial charge in [0.25, 0.3) is 0 Å². The first-order valence-corrected chi connectivity index (χ1v) is 11.1. The highest BCUT2D eigenvalue weighted by atomic mass is 16.7. The zero-order valence-corrected chi connectivity index (χ0v) is 19.8. The fourth-order valence-corrected chi connectivity index (χ4v) is 5.84. The molecule has 2 aliphatic rings. The molecule has 2 fully saturated rings. The molecule has 0 bridgehead atoms. The van der Waals surface area contributed by atoms with Gasteiger partial charge in [-0.05, 0) is 100 Å². The van der Waals surface area contributed by atoms with Gasteiger partial charge in [-0.2, -0.15) is 0 Å². The first-order chi connectivity index (χ1) is 13.1. The van der Waals surface area contributed by atoms with Crippen molar-refractivity contribution in [3.8, 4) is 0 Å². The van der Waals surface area contributed by atoms with Crippen LogP contribution < -0.4 is 0 Å². The molecule has 0 aromatic rings. The summed E-state index contributed by atoms with van der Waals surface area (Å²) in [6, 6.07) is -0.579. The van der Waals surface area contributed by atoms with Gasteiger partial charge in [0.15, 0.2) is 0 Å². The van der Waals surface area contributed by atoms with Crippen molar-refractivity contribution >= 4 is 11.9 Å². The van der Waals surface area contributed by atoms with E-state index in [1.165, 1.54) is 0 Å². The fraction of sp³-hybridized carbons (Fsp3) is 0.913. The van der Waals surface area contributed by atoms with Crippen molar-refractivity contribution in [1.82, 2.24) is 9.96 Å². The number of piperidine rings is 2. The molecule has 2 heterocycles. The van der Waals surface area contributed by atoms with E-state index in [1.54, 1.807) is 0 Å². The molecular weight excluding hydrogens is 368 g/mol. The molecule has 0 spiro atoms. The molecule has 2 saturated heterocycles. The van der Waals surface area contributed by atoms with E-state index in [1.807, 2.05) is 5.06 Å². The van der Waals surface area contributed by atoms with Gasteiger partial charge in [-0.1, -0.05) is 0 Å². The van der Waals surface area contributed by atoms with Crippen molar-refractivity contribution in [2.45, 2.75) is 135 Å². The number of aliphatic carboxylic acids is 1. The Morgan fingerprint density at radius 3 is 1.66 bits per heavy atom. The van der Waals surface area contributed by atoms with Crippen LogP contribution in [0, 0.1) is 0 Å². The molecule has 6 heteroatoms. The zero-order valence-electron chi connectivity index (χ0n) is 19.8. The van der Waals surface area contributed by atoms with Crippen LogP contribution in [0.25, 0.3) is 0 Å². The molecular formula is C23H42N2O4. The summed E-state index contributed by atoms with van der Waals surface area (Å²) in [5, 5.41) is 11.2. The number of hydrogen-bond acceptors (Lipinski definition) is 5. The maximum absolute atomic E-state index is 13.6. The van der Waals surface area contributed by atoms with Crippen molar-refractivity contribution in [1.29, 1.82) is 0 Å². The first-order valence-electron chi connectivity index (χ1n) is 11.1. The summed E-state index contributed by atoms with van der Waals surface area (Å²) >= 11 is 0. The van der Waals surface area contributed by atoms with Crippen LogP contribution in [0.15, 0.2) is 0 Å². The zero-order chi connectivity index (χ0) is 22.3. The third kappa shape index (κ3) is 5.32. The van der Waals surface area contributed by atoms with Gasteiger partial charge < -0.3 is 9.94 Å². The summed E-state index contributed by atoms with van der Waals surface area (Å²) in [5.41, 5.74) is -0.892. The minimum atomic E-state index is -0.881. The van der Waals surface area contributed by atoms with Gasteiger partial charge in [0, 0.05) is 17.5 Å². The number of carbonyl (C=O) groups excluding carboxylic acids is 1. The molecule has 1 N–H and O–H groups in total. The number of nitrogens with zero attached hydrogens (tertiary/aromatic N) is 2. The second-order valence-corrected chi connectivity index (χ2v) is 11.5. The van der Waals surface area contributed by atoms with Crippen LogP contribution in [0.3, 0.4) is 0 Å². The Bertz CT molecular complexity index is 592. The van der Waals surface area contributed by atoms with Crippen LogP contribution in [0.5, 0.6) is 0 Å². The molecule has 6 nitrogen and oxygen atoms in total. The lowest BCUT2D eigenvalue weighted by Crippen LogP contribution is -2.66. The average molecular weight is 411 g/mol. The topological polar surface area (TPSA) is 70.1 Å². The third-order valence-electron chi connectivity index (χ3n) is 6.95. The Hall–Kier alpha value is -1.14. The Labute approximate surface area is 176 Å². The van der Waals surface area contributed by atoms with E-state index < -0.39 is 12.0 Å². The van der Waals surface area contributed by atoms with E-state index in [0.29, 0.717) is 0 Å². The Morgan fingerprint density at radius 1 is 0.828 bits per heavy atom. The lowest BCUT2D eigenvalue weighted by atomic mass is 9.78. The number of carbonyl (C=O) groups is 2. The standard InChI is InChI=1S/C23H42N2O4/c1-20(2)13-9-14-21(3,4)24(20)17(11-12-18(26)27)19(28)29-25-22(5,6)15-10-16-23(25,7)8/h17H,9-16H2,1-8H3,(H,26,27). The summed E-state index contributed by atoms with van der Waals surface area (Å²) in [5.74, 6) is -1.20. The van der Waals surface area contributed by atoms with Crippen molar-refractivity contribution in [3.63, 3.8) is 0 Å². The molecule has 0 amide bonds. The average Bonchev–Trinajstić information content (AvgIpc) is 2.52. The molecule has 1 unspecified atom stereocenters. The van der Waals surface area contributed by atoms with Gasteiger partial charge in [-0.15, -0.1) is 5.06 Å². The molecule has 0 aromatic heterocycles. The molecule has 0 aliphatic carbocycles. The van der Waals surface area contributed by atoms with Gasteiger partial charge in [-0.3, -0.25) is 9.69 Å². The predicted molar refractivity (Wildman–Crippen MR) is 114 cm³/mol. The SMILES string of the molecule is CC1(C)CCCC(C)(C)N1OC(=O)C(CCC(=O)O)N1C(C)(C)CCCC1(C)C. The molecule has 0 radical (unpaired) electrons. The van der Waals surface area contributed by atoms with E-state index in [-0.39, 0.29) is 41.0 Å². The van der Waals surface area contributed by atoms with Gasteiger partial charge in [-0.25, -0.2) is 4.79 Å². The highest BCUT2D eigenvalue weighted by Crippen LogP contribution is 2.42. The van der Waals surface area contributed by atoms with Crippen LogP contribution in [-0.2, 0) is 14.4 Å². The molecule has 0 aromatic carbocycles. The third-order valence-corrected chi connectivity index (χ3v) is 6.95. The number of rotatable bonds is 6. The smallest absolute Gasteiger partial charge is 0.342 e. The van der Waals surface area contributed by atoms with E-state index in [2.05, 4.69) is 60.3 Å². The molecule has 2 rings (SSSR count). The van der Waals surface area contributed by atoms with E-state index in [4.69, 9.17) is 4.84 Å². The maximum Gasteiger partial charge on any atom is 0.342 e. The van der Waals surface area contributed by atoms with Gasteiger partial charge in [0.2, 0.25) is 0 Å². The molecule has 29 heavy (non-hydrogen) atoms. The highest BCUT2D eigenvalue weighted by Gasteiger charge is 2.50. The van der Waals surface area contributed by atoms with Crippen LogP contribution in [0.4, 0.5) is 0 Å². The first kappa shape index (κ1) is 24.1. The summed E-state index contributed by atoms with van der Waals surface area (Å²) in [7, 11) is 0. The van der Waals surface area contributed by atoms with Gasteiger partial charge in [0.1, 0.15) is 6.04 Å². The van der Waals surface area contributed by atoms with Gasteiger partial charge >= 0.3 is 11.9 Å². The number of carboxylic acids is 1. The van der Waals surface area contributed by atoms with Crippen molar-refractivity contribution in [3.05, 3.63) is 0 Å². The number of hydroxylamine groups is 2. The number of likely N-dealkylation sites (tertiary alicyclic amines) is 1. The normalized spacial score (nSPS) is 27.2. The number of carboxylic acid groups (broad SMARTS) is 1. The Balaban J connectivity index is 2.36. The van der Waals surface area contributed by atoms with Crippen LogP contribution in [-0.4, -0.2) is 55.2 Å². The van der Waals surface area contributed by atoms with Crippen molar-refractivity contribution in [2.24, 2.45) is 0 Å². The lowest BCUT2D eigenvalue weighted by molar-refractivity contribution is -0.272. The number of hydrogen-bond donors (Lipinski definition) is 1. The second-order valence-electron chi connectivity index (χ2n) is 11.5. The Morgan fingerprint density at radius 2 is 1.24 bits per heavy atom. The van der Waals surface area contributed by atoms with Gasteiger partial charge in [0.05, 0.1) is 11.1 Å². The minimum Gasteiger partial charge on any atom is -0.481 e. The maximum atomic E-state index is 13.6. The molecule has 1 atom stereocenters. The highest BCUT2D eigenvalue weighted by molar-refractivity contribution is 5.77. The van der Waals surface area contributed by atoms with E-state index >= 15 is 0 Å². The molecule has 0 saturated carbocycles. The summed E-state index contributed by atoms with van der Waals surface area (Å²) in [6.45, 7) is 17.1. The van der Waals surface area contributed by atoms with Crippen molar-refractivity contribution < 1.29 is 19.5 Å². The van der Waals surface area contributed by atoms with Crippen LogP contribution in [0.1, 0.15) is 107 Å². The van der Waals surface area contributed by atoms with E-state index in [9.17, 15) is 14.7 Å². The molecule has 2 aliphatic heterocycles. The van der Waals surface area contributed by atoms with Crippen LogP contribution >= 0.6 is 0 Å². The summed E-state index contributed by atoms with van der Waals surface area (Å²) < 4.78 is 0. The van der Waals surface area contributed by atoms with E-state index in [0.717, 1.165) is 38.5 Å². The second kappa shape index (κ2) is 8.18. The summed E-state index contributed by atoms with van der Waals surface area (Å²) in [6.07, 6.45) is 6.30. The Kier molecular flexibility index (Phi) is 6.81. The predicted octanol–water partition coefficient (Wildman–Crippen LogP) is 4.76. The quantitative estimate of drug-likeness (QED) is 0.680. The molecule has 168 valence electrons. The van der Waals surface area contributed by atoms with Crippen molar-refractivity contribution in [2.75, 3.05) is 0 Å². The van der Waals surface area contributed by atoms with Crippen LogP contribution in [0.2, 0.25) is 0 Å². The minimum absolute atomic E-state index is 0.0464. The lowest BCUT2D eigenvalue weighted by Gasteiger charge is -2.56. The fourth-order valence-electron chi connectivity index (χ4n) is 5.84. The monoisotopic (exact) mass is 410 g/mol.